The molecule has 1 aromatic heterocycles. The molecule has 0 saturated carbocycles. The average Bonchev–Trinajstić information content (AvgIpc) is 2.96. The van der Waals surface area contributed by atoms with Gasteiger partial charge in [0.1, 0.15) is 17.7 Å². The molecule has 4 heteroatoms. The van der Waals surface area contributed by atoms with Crippen LogP contribution in [0.25, 0.3) is 0 Å². The van der Waals surface area contributed by atoms with Crippen molar-refractivity contribution >= 4 is 0 Å². The van der Waals surface area contributed by atoms with Gasteiger partial charge in [0.15, 0.2) is 0 Å². The lowest BCUT2D eigenvalue weighted by Crippen LogP contribution is -2.19. The van der Waals surface area contributed by atoms with Crippen LogP contribution in [-0.4, -0.2) is 17.7 Å². The van der Waals surface area contributed by atoms with E-state index in [1.54, 1.807) is 12.1 Å². The van der Waals surface area contributed by atoms with Crippen LogP contribution in [0.1, 0.15) is 11.1 Å². The van der Waals surface area contributed by atoms with E-state index in [1.165, 1.54) is 11.6 Å². The second-order valence-corrected chi connectivity index (χ2v) is 4.94. The molecule has 1 aliphatic rings. The SMILES string of the molecule is CNCc1ccn(CC2Cc3cc(F)ccc3O2)c1. The maximum atomic E-state index is 13.1. The van der Waals surface area contributed by atoms with E-state index in [9.17, 15) is 4.39 Å². The van der Waals surface area contributed by atoms with Gasteiger partial charge in [0.25, 0.3) is 0 Å². The number of benzene rings is 1. The summed E-state index contributed by atoms with van der Waals surface area (Å²) in [5.41, 5.74) is 2.22. The average molecular weight is 260 g/mol. The molecule has 3 nitrogen and oxygen atoms in total. The number of hydrogen-bond donors (Lipinski definition) is 1. The molecule has 1 unspecified atom stereocenters. The summed E-state index contributed by atoms with van der Waals surface area (Å²) < 4.78 is 21.1. The van der Waals surface area contributed by atoms with Crippen molar-refractivity contribution in [3.63, 3.8) is 0 Å². The molecule has 0 aliphatic carbocycles. The molecule has 2 heterocycles. The molecule has 1 atom stereocenters. The van der Waals surface area contributed by atoms with Crippen LogP contribution in [0.2, 0.25) is 0 Å². The molecule has 0 bridgehead atoms. The Balaban J connectivity index is 1.66. The normalized spacial score (nSPS) is 17.3. The van der Waals surface area contributed by atoms with Gasteiger partial charge in [0, 0.05) is 30.9 Å². The Labute approximate surface area is 112 Å². The van der Waals surface area contributed by atoms with E-state index in [-0.39, 0.29) is 11.9 Å². The van der Waals surface area contributed by atoms with E-state index in [2.05, 4.69) is 28.3 Å². The number of ether oxygens (including phenoxy) is 1. The van der Waals surface area contributed by atoms with Crippen molar-refractivity contribution in [1.82, 2.24) is 9.88 Å². The predicted molar refractivity (Wildman–Crippen MR) is 71.7 cm³/mol. The first-order valence-electron chi connectivity index (χ1n) is 6.49. The highest BCUT2D eigenvalue weighted by atomic mass is 19.1. The topological polar surface area (TPSA) is 26.2 Å². The largest absolute Gasteiger partial charge is 0.488 e. The Hall–Kier alpha value is -1.81. The van der Waals surface area contributed by atoms with Gasteiger partial charge in [-0.05, 0) is 36.9 Å². The van der Waals surface area contributed by atoms with Gasteiger partial charge in [0.05, 0.1) is 6.54 Å². The summed E-state index contributed by atoms with van der Waals surface area (Å²) in [5, 5.41) is 3.13. The fraction of sp³-hybridized carbons (Fsp3) is 0.333. The minimum Gasteiger partial charge on any atom is -0.488 e. The second kappa shape index (κ2) is 5.05. The number of nitrogens with one attached hydrogen (secondary N) is 1. The third kappa shape index (κ3) is 2.63. The van der Waals surface area contributed by atoms with Crippen molar-refractivity contribution in [2.24, 2.45) is 0 Å². The van der Waals surface area contributed by atoms with Gasteiger partial charge in [-0.15, -0.1) is 0 Å². The molecule has 1 aromatic carbocycles. The van der Waals surface area contributed by atoms with Crippen LogP contribution in [0.5, 0.6) is 5.75 Å². The molecule has 3 rings (SSSR count). The summed E-state index contributed by atoms with van der Waals surface area (Å²) in [6.07, 6.45) is 5.03. The van der Waals surface area contributed by atoms with Crippen molar-refractivity contribution in [3.05, 3.63) is 53.6 Å². The third-order valence-corrected chi connectivity index (χ3v) is 3.37. The van der Waals surface area contributed by atoms with Crippen molar-refractivity contribution in [1.29, 1.82) is 0 Å². The van der Waals surface area contributed by atoms with E-state index < -0.39 is 0 Å². The van der Waals surface area contributed by atoms with Crippen LogP contribution in [0.3, 0.4) is 0 Å². The number of hydrogen-bond acceptors (Lipinski definition) is 2. The number of nitrogens with zero attached hydrogens (tertiary/aromatic N) is 1. The minimum atomic E-state index is -0.194. The summed E-state index contributed by atoms with van der Waals surface area (Å²) in [6, 6.07) is 6.82. The zero-order valence-corrected chi connectivity index (χ0v) is 10.9. The minimum absolute atomic E-state index is 0.0895. The Morgan fingerprint density at radius 2 is 2.32 bits per heavy atom. The predicted octanol–water partition coefficient (Wildman–Crippen LogP) is 2.35. The molecule has 2 aromatic rings. The quantitative estimate of drug-likeness (QED) is 0.913. The van der Waals surface area contributed by atoms with Crippen LogP contribution >= 0.6 is 0 Å². The number of aromatic nitrogens is 1. The lowest BCUT2D eigenvalue weighted by Gasteiger charge is -2.11. The molecular formula is C15H17FN2O. The third-order valence-electron chi connectivity index (χ3n) is 3.37. The number of rotatable bonds is 4. The molecule has 1 N–H and O–H groups in total. The van der Waals surface area contributed by atoms with Crippen molar-refractivity contribution in [2.75, 3.05) is 7.05 Å². The molecule has 0 fully saturated rings. The molecule has 19 heavy (non-hydrogen) atoms. The van der Waals surface area contributed by atoms with Gasteiger partial charge in [-0.2, -0.15) is 0 Å². The zero-order valence-electron chi connectivity index (χ0n) is 10.9. The lowest BCUT2D eigenvalue weighted by molar-refractivity contribution is 0.209. The zero-order chi connectivity index (χ0) is 13.2. The van der Waals surface area contributed by atoms with E-state index in [0.717, 1.165) is 30.8 Å². The van der Waals surface area contributed by atoms with Crippen molar-refractivity contribution < 1.29 is 9.13 Å². The molecule has 0 amide bonds. The Morgan fingerprint density at radius 3 is 3.16 bits per heavy atom. The van der Waals surface area contributed by atoms with Crippen LogP contribution in [-0.2, 0) is 19.5 Å². The second-order valence-electron chi connectivity index (χ2n) is 4.94. The van der Waals surface area contributed by atoms with E-state index in [0.29, 0.717) is 0 Å². The Morgan fingerprint density at radius 1 is 1.42 bits per heavy atom. The van der Waals surface area contributed by atoms with Gasteiger partial charge < -0.3 is 14.6 Å². The monoisotopic (exact) mass is 260 g/mol. The molecule has 0 spiro atoms. The van der Waals surface area contributed by atoms with Crippen molar-refractivity contribution in [3.8, 4) is 5.75 Å². The first kappa shape index (κ1) is 12.2. The molecule has 0 saturated heterocycles. The van der Waals surface area contributed by atoms with Crippen molar-refractivity contribution in [2.45, 2.75) is 25.6 Å². The van der Waals surface area contributed by atoms with Gasteiger partial charge in [-0.25, -0.2) is 4.39 Å². The summed E-state index contributed by atoms with van der Waals surface area (Å²) in [4.78, 5) is 0. The maximum Gasteiger partial charge on any atom is 0.123 e. The molecule has 1 aliphatic heterocycles. The van der Waals surface area contributed by atoms with Gasteiger partial charge in [-0.3, -0.25) is 0 Å². The summed E-state index contributed by atoms with van der Waals surface area (Å²) >= 11 is 0. The summed E-state index contributed by atoms with van der Waals surface area (Å²) in [6.45, 7) is 1.66. The van der Waals surface area contributed by atoms with Gasteiger partial charge in [-0.1, -0.05) is 0 Å². The fourth-order valence-corrected chi connectivity index (χ4v) is 2.54. The van der Waals surface area contributed by atoms with E-state index in [1.807, 2.05) is 7.05 Å². The molecule has 0 radical (unpaired) electrons. The van der Waals surface area contributed by atoms with Crippen LogP contribution < -0.4 is 10.1 Å². The first-order chi connectivity index (χ1) is 9.24. The highest BCUT2D eigenvalue weighted by Gasteiger charge is 2.23. The highest BCUT2D eigenvalue weighted by Crippen LogP contribution is 2.29. The maximum absolute atomic E-state index is 13.1. The van der Waals surface area contributed by atoms with Crippen LogP contribution in [0, 0.1) is 5.82 Å². The molecular weight excluding hydrogens is 243 g/mol. The van der Waals surface area contributed by atoms with Gasteiger partial charge >= 0.3 is 0 Å². The standard InChI is InChI=1S/C15H17FN2O/c1-17-8-11-4-5-18(9-11)10-14-7-12-6-13(16)2-3-15(12)19-14/h2-6,9,14,17H,7-8,10H2,1H3. The van der Waals surface area contributed by atoms with Gasteiger partial charge in [0.2, 0.25) is 0 Å². The van der Waals surface area contributed by atoms with Crippen LogP contribution in [0.15, 0.2) is 36.7 Å². The molecule has 100 valence electrons. The number of fused-ring (bicyclic) bond motifs is 1. The van der Waals surface area contributed by atoms with E-state index >= 15 is 0 Å². The highest BCUT2D eigenvalue weighted by molar-refractivity contribution is 5.37. The Kier molecular flexibility index (Phi) is 3.25. The first-order valence-corrected chi connectivity index (χ1v) is 6.49. The smallest absolute Gasteiger partial charge is 0.123 e. The summed E-state index contributed by atoms with van der Waals surface area (Å²) in [7, 11) is 1.93. The lowest BCUT2D eigenvalue weighted by atomic mass is 10.1. The number of halogens is 1. The van der Waals surface area contributed by atoms with E-state index in [4.69, 9.17) is 4.74 Å². The Bertz CT molecular complexity index is 579. The fourth-order valence-electron chi connectivity index (χ4n) is 2.54. The van der Waals surface area contributed by atoms with Crippen LogP contribution in [0.4, 0.5) is 4.39 Å². The summed E-state index contributed by atoms with van der Waals surface area (Å²) in [5.74, 6) is 0.620.